The number of phenolic OH excluding ortho intramolecular Hbond substituents is 1. The zero-order chi connectivity index (χ0) is 12.3. The van der Waals surface area contributed by atoms with Gasteiger partial charge in [0.2, 0.25) is 0 Å². The number of rotatable bonds is 1. The van der Waals surface area contributed by atoms with E-state index < -0.39 is 0 Å². The monoisotopic (exact) mass is 236 g/mol. The van der Waals surface area contributed by atoms with Crippen LogP contribution in [0.15, 0.2) is 24.3 Å². The van der Waals surface area contributed by atoms with Crippen molar-refractivity contribution in [1.29, 1.82) is 0 Å². The van der Waals surface area contributed by atoms with E-state index in [2.05, 4.69) is 0 Å². The van der Waals surface area contributed by atoms with E-state index >= 15 is 0 Å². The summed E-state index contributed by atoms with van der Waals surface area (Å²) in [6, 6.07) is 6.58. The highest BCUT2D eigenvalue weighted by molar-refractivity contribution is 5.91. The van der Waals surface area contributed by atoms with E-state index in [1.807, 2.05) is 0 Å². The van der Waals surface area contributed by atoms with Gasteiger partial charge in [0.1, 0.15) is 5.75 Å². The first-order valence-corrected chi connectivity index (χ1v) is 5.58. The Kier molecular flexibility index (Phi) is 3.49. The maximum absolute atomic E-state index is 12.1. The average molecular weight is 236 g/mol. The number of carbonyl (C=O) groups is 1. The van der Waals surface area contributed by atoms with Gasteiger partial charge in [-0.3, -0.25) is 4.90 Å². The predicted octanol–water partition coefficient (Wildman–Crippen LogP) is 1.28. The van der Waals surface area contributed by atoms with Crippen LogP contribution < -0.4 is 4.90 Å². The molecule has 2 rings (SSSR count). The fourth-order valence-corrected chi connectivity index (χ4v) is 1.78. The summed E-state index contributed by atoms with van der Waals surface area (Å²) in [5.41, 5.74) is 0.682. The van der Waals surface area contributed by atoms with E-state index in [0.717, 1.165) is 0 Å². The number of anilines is 1. The summed E-state index contributed by atoms with van der Waals surface area (Å²) in [5, 5.41) is 9.38. The summed E-state index contributed by atoms with van der Waals surface area (Å²) >= 11 is 0. The lowest BCUT2D eigenvalue weighted by Crippen LogP contribution is -2.47. The maximum Gasteiger partial charge on any atom is 0.324 e. The Balaban J connectivity index is 2.08. The molecule has 0 unspecified atom stereocenters. The minimum absolute atomic E-state index is 0.0705. The number of hydrogen-bond donors (Lipinski definition) is 1. The Morgan fingerprint density at radius 3 is 2.76 bits per heavy atom. The summed E-state index contributed by atoms with van der Waals surface area (Å²) < 4.78 is 5.20. The third-order valence-corrected chi connectivity index (χ3v) is 2.79. The molecule has 1 aliphatic rings. The number of morpholine rings is 1. The van der Waals surface area contributed by atoms with Gasteiger partial charge in [-0.15, -0.1) is 0 Å². The molecule has 1 aromatic rings. The number of nitrogens with zero attached hydrogens (tertiary/aromatic N) is 2. The first-order valence-electron chi connectivity index (χ1n) is 5.58. The Morgan fingerprint density at radius 2 is 2.12 bits per heavy atom. The van der Waals surface area contributed by atoms with Crippen molar-refractivity contribution in [3.63, 3.8) is 0 Å². The van der Waals surface area contributed by atoms with Crippen LogP contribution in [0.2, 0.25) is 0 Å². The van der Waals surface area contributed by atoms with Crippen LogP contribution in [0.25, 0.3) is 0 Å². The van der Waals surface area contributed by atoms with Crippen LogP contribution in [0, 0.1) is 0 Å². The minimum atomic E-state index is -0.0705. The third-order valence-electron chi connectivity index (χ3n) is 2.79. The molecule has 5 heteroatoms. The largest absolute Gasteiger partial charge is 0.508 e. The van der Waals surface area contributed by atoms with Gasteiger partial charge in [0, 0.05) is 31.9 Å². The standard InChI is InChI=1S/C12H16N2O3/c1-13(10-3-2-4-11(15)9-10)12(16)14-5-7-17-8-6-14/h2-4,9,15H,5-8H2,1H3. The van der Waals surface area contributed by atoms with Crippen molar-refractivity contribution >= 4 is 11.7 Å². The molecule has 1 fully saturated rings. The van der Waals surface area contributed by atoms with Gasteiger partial charge >= 0.3 is 6.03 Å². The second-order valence-corrected chi connectivity index (χ2v) is 3.96. The molecule has 0 saturated carbocycles. The number of phenols is 1. The van der Waals surface area contributed by atoms with Gasteiger partial charge in [0.05, 0.1) is 13.2 Å². The van der Waals surface area contributed by atoms with E-state index in [0.29, 0.717) is 32.0 Å². The van der Waals surface area contributed by atoms with E-state index in [1.165, 1.54) is 4.90 Å². The van der Waals surface area contributed by atoms with Crippen LogP contribution in [0.4, 0.5) is 10.5 Å². The van der Waals surface area contributed by atoms with E-state index in [1.54, 1.807) is 36.2 Å². The molecule has 0 radical (unpaired) electrons. The zero-order valence-electron chi connectivity index (χ0n) is 9.80. The number of urea groups is 1. The molecular formula is C12H16N2O3. The van der Waals surface area contributed by atoms with Crippen molar-refractivity contribution in [2.75, 3.05) is 38.3 Å². The summed E-state index contributed by atoms with van der Waals surface area (Å²) in [4.78, 5) is 15.4. The van der Waals surface area contributed by atoms with Gasteiger partial charge in [-0.2, -0.15) is 0 Å². The normalized spacial score (nSPS) is 15.7. The number of hydrogen-bond acceptors (Lipinski definition) is 3. The summed E-state index contributed by atoms with van der Waals surface area (Å²) in [6.07, 6.45) is 0. The molecular weight excluding hydrogens is 220 g/mol. The van der Waals surface area contributed by atoms with Crippen LogP contribution in [0.3, 0.4) is 0 Å². The van der Waals surface area contributed by atoms with E-state index in [4.69, 9.17) is 4.74 Å². The minimum Gasteiger partial charge on any atom is -0.508 e. The number of aromatic hydroxyl groups is 1. The molecule has 0 aromatic heterocycles. The van der Waals surface area contributed by atoms with Gasteiger partial charge in [-0.25, -0.2) is 4.79 Å². The first-order chi connectivity index (χ1) is 8.18. The second kappa shape index (κ2) is 5.05. The highest BCUT2D eigenvalue weighted by Crippen LogP contribution is 2.20. The smallest absolute Gasteiger partial charge is 0.324 e. The summed E-state index contributed by atoms with van der Waals surface area (Å²) in [5.74, 6) is 0.157. The SMILES string of the molecule is CN(C(=O)N1CCOCC1)c1cccc(O)c1. The molecule has 1 saturated heterocycles. The Bertz CT molecular complexity index is 402. The molecule has 1 aromatic carbocycles. The van der Waals surface area contributed by atoms with Crippen LogP contribution in [-0.2, 0) is 4.74 Å². The van der Waals surface area contributed by atoms with Crippen molar-refractivity contribution in [3.05, 3.63) is 24.3 Å². The lowest BCUT2D eigenvalue weighted by Gasteiger charge is -2.31. The van der Waals surface area contributed by atoms with Crippen molar-refractivity contribution in [3.8, 4) is 5.75 Å². The van der Waals surface area contributed by atoms with E-state index in [9.17, 15) is 9.90 Å². The van der Waals surface area contributed by atoms with Crippen molar-refractivity contribution in [1.82, 2.24) is 4.90 Å². The molecule has 17 heavy (non-hydrogen) atoms. The van der Waals surface area contributed by atoms with Gasteiger partial charge < -0.3 is 14.7 Å². The lowest BCUT2D eigenvalue weighted by atomic mass is 10.3. The molecule has 0 bridgehead atoms. The van der Waals surface area contributed by atoms with Crippen molar-refractivity contribution in [2.24, 2.45) is 0 Å². The average Bonchev–Trinajstić information content (AvgIpc) is 2.38. The topological polar surface area (TPSA) is 53.0 Å². The van der Waals surface area contributed by atoms with Gasteiger partial charge in [-0.1, -0.05) is 6.07 Å². The van der Waals surface area contributed by atoms with Crippen LogP contribution >= 0.6 is 0 Å². The quantitative estimate of drug-likeness (QED) is 0.799. The fourth-order valence-electron chi connectivity index (χ4n) is 1.78. The summed E-state index contributed by atoms with van der Waals surface area (Å²) in [7, 11) is 1.70. The maximum atomic E-state index is 12.1. The molecule has 5 nitrogen and oxygen atoms in total. The van der Waals surface area contributed by atoms with Crippen LogP contribution in [0.1, 0.15) is 0 Å². The van der Waals surface area contributed by atoms with Crippen molar-refractivity contribution < 1.29 is 14.6 Å². The predicted molar refractivity (Wildman–Crippen MR) is 64.3 cm³/mol. The van der Waals surface area contributed by atoms with Gasteiger partial charge in [0.25, 0.3) is 0 Å². The lowest BCUT2D eigenvalue weighted by molar-refractivity contribution is 0.0551. The van der Waals surface area contributed by atoms with E-state index in [-0.39, 0.29) is 11.8 Å². The first kappa shape index (κ1) is 11.7. The molecule has 0 atom stereocenters. The van der Waals surface area contributed by atoms with Crippen LogP contribution in [-0.4, -0.2) is 49.4 Å². The Morgan fingerprint density at radius 1 is 1.41 bits per heavy atom. The highest BCUT2D eigenvalue weighted by atomic mass is 16.5. The third kappa shape index (κ3) is 2.68. The number of benzene rings is 1. The molecule has 1 heterocycles. The second-order valence-electron chi connectivity index (χ2n) is 3.96. The molecule has 1 aliphatic heterocycles. The number of carbonyl (C=O) groups excluding carboxylic acids is 1. The molecule has 0 spiro atoms. The Hall–Kier alpha value is -1.75. The van der Waals surface area contributed by atoms with Crippen LogP contribution in [0.5, 0.6) is 5.75 Å². The molecule has 0 aliphatic carbocycles. The highest BCUT2D eigenvalue weighted by Gasteiger charge is 2.21. The molecule has 92 valence electrons. The molecule has 1 N–H and O–H groups in total. The summed E-state index contributed by atoms with van der Waals surface area (Å²) in [6.45, 7) is 2.39. The number of amides is 2. The zero-order valence-corrected chi connectivity index (χ0v) is 9.80. The van der Waals surface area contributed by atoms with Crippen molar-refractivity contribution in [2.45, 2.75) is 0 Å². The van der Waals surface area contributed by atoms with Gasteiger partial charge in [-0.05, 0) is 12.1 Å². The Labute approximate surface area is 100 Å². The number of ether oxygens (including phenoxy) is 1. The molecule has 2 amide bonds. The fraction of sp³-hybridized carbons (Fsp3) is 0.417. The van der Waals surface area contributed by atoms with Gasteiger partial charge in [0.15, 0.2) is 0 Å².